The van der Waals surface area contributed by atoms with Crippen LogP contribution in [0.1, 0.15) is 26.0 Å². The molecule has 0 amide bonds. The van der Waals surface area contributed by atoms with Gasteiger partial charge in [0, 0.05) is 16.3 Å². The lowest BCUT2D eigenvalue weighted by Gasteiger charge is -2.19. The van der Waals surface area contributed by atoms with Crippen molar-refractivity contribution in [1.82, 2.24) is 0 Å². The van der Waals surface area contributed by atoms with Crippen LogP contribution in [0.15, 0.2) is 186 Å². The molecule has 0 aliphatic rings. The fourth-order valence-corrected chi connectivity index (χ4v) is 6.63. The van der Waals surface area contributed by atoms with Gasteiger partial charge in [-0.15, -0.1) is 0 Å². The maximum Gasteiger partial charge on any atom is 0.143 e. The van der Waals surface area contributed by atoms with Crippen LogP contribution in [0, 0.1) is 0 Å². The summed E-state index contributed by atoms with van der Waals surface area (Å²) in [7, 11) is 0. The van der Waals surface area contributed by atoms with Crippen molar-refractivity contribution in [3.8, 4) is 44.5 Å². The Morgan fingerprint density at radius 2 is 0.939 bits per heavy atom. The van der Waals surface area contributed by atoms with Crippen LogP contribution in [-0.4, -0.2) is 0 Å². The maximum absolute atomic E-state index is 9.91. The van der Waals surface area contributed by atoms with Gasteiger partial charge in [0.2, 0.25) is 0 Å². The number of para-hydroxylation sites is 1. The van der Waals surface area contributed by atoms with E-state index in [0.29, 0.717) is 16.4 Å². The first kappa shape index (κ1) is 14.8. The molecule has 0 bridgehead atoms. The monoisotopic (exact) mass is 641 g/mol. The van der Waals surface area contributed by atoms with Gasteiger partial charge in [0.1, 0.15) is 11.2 Å². The zero-order valence-electron chi connectivity index (χ0n) is 44.3. The van der Waals surface area contributed by atoms with Crippen molar-refractivity contribution < 1.29 is 30.5 Å². The van der Waals surface area contributed by atoms with E-state index in [2.05, 4.69) is 0 Å². The number of fused-ring (bicyclic) bond motifs is 6. The van der Waals surface area contributed by atoms with Gasteiger partial charge >= 0.3 is 0 Å². The molecule has 0 fully saturated rings. The molecule has 10 aromatic rings. The summed E-state index contributed by atoms with van der Waals surface area (Å²) in [5.41, 5.74) is 0.0967. The first-order valence-electron chi connectivity index (χ1n) is 24.8. The van der Waals surface area contributed by atoms with Crippen molar-refractivity contribution in [2.75, 3.05) is 0 Å². The average Bonchev–Trinajstić information content (AvgIpc) is 3.72. The molecule has 0 saturated heterocycles. The maximum atomic E-state index is 9.91. The van der Waals surface area contributed by atoms with Crippen molar-refractivity contribution in [3.63, 3.8) is 0 Å². The second-order valence-corrected chi connectivity index (χ2v) is 11.4. The smallest absolute Gasteiger partial charge is 0.143 e. The lowest BCUT2D eigenvalue weighted by atomic mass is 9.84. The molecule has 0 aliphatic heterocycles. The molecule has 0 radical (unpaired) electrons. The third-order valence-electron chi connectivity index (χ3n) is 8.75. The van der Waals surface area contributed by atoms with Crippen LogP contribution in [0.4, 0.5) is 0 Å². The molecule has 1 heterocycles. The molecule has 0 spiro atoms. The number of hydrogen-bond donors (Lipinski definition) is 0. The summed E-state index contributed by atoms with van der Waals surface area (Å²) < 4.78 is 179. The van der Waals surface area contributed by atoms with E-state index in [4.69, 9.17) is 19.5 Å². The Labute approximate surface area is 311 Å². The average molecular weight is 642 g/mol. The van der Waals surface area contributed by atoms with Gasteiger partial charge in [-0.1, -0.05) is 169 Å². The fourth-order valence-electron chi connectivity index (χ4n) is 6.63. The molecule has 1 aromatic heterocycles. The summed E-state index contributed by atoms with van der Waals surface area (Å²) in [6, 6.07) is 4.68. The quantitative estimate of drug-likeness (QED) is 0.174. The Kier molecular flexibility index (Phi) is 3.34. The zero-order chi connectivity index (χ0) is 48.8. The third-order valence-corrected chi connectivity index (χ3v) is 8.75. The molecular formula is C48H30O. The molecule has 10 rings (SSSR count). The Hall–Kier alpha value is -6.44. The van der Waals surface area contributed by atoms with E-state index in [1.54, 1.807) is 18.2 Å². The van der Waals surface area contributed by atoms with Crippen LogP contribution in [0.5, 0.6) is 0 Å². The minimum Gasteiger partial charge on any atom is -0.455 e. The summed E-state index contributed by atoms with van der Waals surface area (Å²) in [6.07, 6.45) is 0. The van der Waals surface area contributed by atoms with Crippen molar-refractivity contribution in [2.45, 2.75) is 0 Å². The van der Waals surface area contributed by atoms with Crippen LogP contribution in [0.25, 0.3) is 98.8 Å². The van der Waals surface area contributed by atoms with E-state index in [-0.39, 0.29) is 22.1 Å². The van der Waals surface area contributed by atoms with E-state index in [9.17, 15) is 11.0 Å². The van der Waals surface area contributed by atoms with E-state index < -0.39 is 164 Å². The highest BCUT2D eigenvalue weighted by atomic mass is 16.3. The largest absolute Gasteiger partial charge is 0.455 e. The molecule has 0 atom stereocenters. The molecule has 1 nitrogen and oxygen atoms in total. The van der Waals surface area contributed by atoms with Crippen LogP contribution in [0.3, 0.4) is 0 Å². The fraction of sp³-hybridized carbons (Fsp3) is 0. The minimum atomic E-state index is -0.872. The second-order valence-electron chi connectivity index (χ2n) is 11.4. The van der Waals surface area contributed by atoms with Crippen molar-refractivity contribution in [3.05, 3.63) is 182 Å². The van der Waals surface area contributed by atoms with Gasteiger partial charge in [-0.2, -0.15) is 0 Å². The molecule has 49 heavy (non-hydrogen) atoms. The normalized spacial score (nSPS) is 17.1. The topological polar surface area (TPSA) is 13.1 Å². The van der Waals surface area contributed by atoms with Crippen LogP contribution in [0.2, 0.25) is 0 Å². The Bertz CT molecular complexity index is 3850. The van der Waals surface area contributed by atoms with E-state index >= 15 is 0 Å². The Morgan fingerprint density at radius 1 is 0.347 bits per heavy atom. The summed E-state index contributed by atoms with van der Waals surface area (Å²) in [6.45, 7) is 0. The van der Waals surface area contributed by atoms with Gasteiger partial charge in [-0.05, 0) is 83.4 Å². The van der Waals surface area contributed by atoms with Gasteiger partial charge in [0.05, 0.1) is 26.0 Å². The summed E-state index contributed by atoms with van der Waals surface area (Å²) >= 11 is 0. The number of hydrogen-bond acceptors (Lipinski definition) is 1. The van der Waals surface area contributed by atoms with Crippen LogP contribution >= 0.6 is 0 Å². The van der Waals surface area contributed by atoms with Crippen LogP contribution < -0.4 is 0 Å². The summed E-state index contributed by atoms with van der Waals surface area (Å²) in [5.74, 6) is 0. The van der Waals surface area contributed by atoms with Gasteiger partial charge < -0.3 is 4.42 Å². The predicted molar refractivity (Wildman–Crippen MR) is 208 cm³/mol. The second kappa shape index (κ2) is 11.1. The SMILES string of the molecule is [2H]c1c([2H])c([2H])c(-c2c3c([2H])c([2H])c([2H])c([2H])c3c(-c3c([2H])c([2H])c(-c4cccc5c4oc4cc(-c6ccccc6)ccc45)c4c([2H])c([2H])c([2H])c([2H])c34)c3c([2H])c([2H])c([2H])c([2H])c23)c([2H])c1[2H]. The summed E-state index contributed by atoms with van der Waals surface area (Å²) in [5, 5.41) is -1.79. The lowest BCUT2D eigenvalue weighted by Crippen LogP contribution is -1.92. The van der Waals surface area contributed by atoms with E-state index in [1.807, 2.05) is 48.5 Å². The highest BCUT2D eigenvalue weighted by Gasteiger charge is 2.20. The lowest BCUT2D eigenvalue weighted by molar-refractivity contribution is 0.670. The first-order valence-corrected chi connectivity index (χ1v) is 15.3. The Morgan fingerprint density at radius 3 is 1.63 bits per heavy atom. The number of furan rings is 1. The number of benzene rings is 9. The molecule has 9 aromatic carbocycles. The molecule has 0 unspecified atom stereocenters. The van der Waals surface area contributed by atoms with Gasteiger partial charge in [0.15, 0.2) is 0 Å². The zero-order valence-corrected chi connectivity index (χ0v) is 25.3. The first-order chi connectivity index (χ1) is 32.2. The van der Waals surface area contributed by atoms with E-state index in [0.717, 1.165) is 11.1 Å². The summed E-state index contributed by atoms with van der Waals surface area (Å²) in [4.78, 5) is 0. The van der Waals surface area contributed by atoms with Gasteiger partial charge in [-0.3, -0.25) is 0 Å². The molecule has 228 valence electrons. The van der Waals surface area contributed by atoms with Gasteiger partial charge in [-0.25, -0.2) is 0 Å². The highest BCUT2D eigenvalue weighted by molar-refractivity contribution is 6.24. The van der Waals surface area contributed by atoms with Crippen molar-refractivity contribution >= 4 is 54.3 Å². The molecule has 0 N–H and O–H groups in total. The number of rotatable bonds is 4. The third kappa shape index (κ3) is 4.33. The molecular weight excluding hydrogens is 593 g/mol. The highest BCUT2D eigenvalue weighted by Crippen LogP contribution is 2.47. The molecule has 0 saturated carbocycles. The molecule has 1 heteroatoms. The van der Waals surface area contributed by atoms with Gasteiger partial charge in [0.25, 0.3) is 0 Å². The Balaban J connectivity index is 1.46. The predicted octanol–water partition coefficient (Wildman–Crippen LogP) is 13.7. The molecule has 0 aliphatic carbocycles. The van der Waals surface area contributed by atoms with Crippen molar-refractivity contribution in [2.24, 2.45) is 0 Å². The standard InChI is InChI=1S/C48H30O/c1-3-14-31(15-4-1)33-26-27-37-44-25-13-24-43(48(44)49-45(37)30-33)36-28-29-42(35-19-8-7-18-34(35)36)47-40-22-11-9-20-38(40)46(32-16-5-2-6-17-32)39-21-10-12-23-41(39)47/h1-30H/i2D,5D,6D,7D,8D,9D,10D,11D,12D,16D,17D,18D,19D,20D,21D,22D,23D,28D,29D. The van der Waals surface area contributed by atoms with Crippen LogP contribution in [-0.2, 0) is 0 Å². The minimum absolute atomic E-state index is 0.162. The van der Waals surface area contributed by atoms with Crippen molar-refractivity contribution in [1.29, 1.82) is 0 Å². The van der Waals surface area contributed by atoms with E-state index in [1.165, 1.54) is 0 Å².